The van der Waals surface area contributed by atoms with Crippen molar-refractivity contribution in [2.45, 2.75) is 82.2 Å². The summed E-state index contributed by atoms with van der Waals surface area (Å²) in [4.78, 5) is 34.9. The number of fused-ring (bicyclic) bond motifs is 1. The zero-order valence-electron chi connectivity index (χ0n) is 21.9. The quantitative estimate of drug-likeness (QED) is 0.358. The van der Waals surface area contributed by atoms with Gasteiger partial charge in [0.1, 0.15) is 11.8 Å². The molecule has 3 saturated carbocycles. The highest BCUT2D eigenvalue weighted by Crippen LogP contribution is 2.51. The van der Waals surface area contributed by atoms with Gasteiger partial charge in [-0.15, -0.1) is 0 Å². The molecule has 13 heteroatoms. The van der Waals surface area contributed by atoms with Gasteiger partial charge in [-0.3, -0.25) is 14.0 Å². The number of aromatic nitrogens is 4. The molecule has 0 spiro atoms. The molecule has 0 unspecified atom stereocenters. The average molecular weight is 563 g/mol. The molecule has 9 nitrogen and oxygen atoms in total. The van der Waals surface area contributed by atoms with Crippen LogP contribution < -0.4 is 10.6 Å². The van der Waals surface area contributed by atoms with Gasteiger partial charge in [0.15, 0.2) is 0 Å². The first kappa shape index (κ1) is 26.7. The van der Waals surface area contributed by atoms with Crippen LogP contribution >= 0.6 is 0 Å². The number of amides is 2. The van der Waals surface area contributed by atoms with Gasteiger partial charge in [0.2, 0.25) is 17.6 Å². The van der Waals surface area contributed by atoms with Gasteiger partial charge < -0.3 is 15.2 Å². The maximum atomic E-state index is 13.9. The Balaban J connectivity index is 1.25. The van der Waals surface area contributed by atoms with E-state index in [0.717, 1.165) is 12.8 Å². The molecule has 2 N–H and O–H groups in total. The number of hydrogen-bond donors (Lipinski definition) is 2. The Morgan fingerprint density at radius 3 is 2.33 bits per heavy atom. The largest absolute Gasteiger partial charge is 0.364 e. The molecule has 3 aromatic heterocycles. The molecule has 214 valence electrons. The molecule has 40 heavy (non-hydrogen) atoms. The predicted octanol–water partition coefficient (Wildman–Crippen LogP) is 4.93. The van der Waals surface area contributed by atoms with Crippen molar-refractivity contribution in [3.05, 3.63) is 47.4 Å². The van der Waals surface area contributed by atoms with Gasteiger partial charge in [0.25, 0.3) is 11.8 Å². The summed E-state index contributed by atoms with van der Waals surface area (Å²) in [5.74, 6) is -7.06. The molecule has 3 atom stereocenters. The fourth-order valence-electron chi connectivity index (χ4n) is 5.60. The molecule has 2 amide bonds. The molecule has 3 aliphatic rings. The minimum atomic E-state index is -2.76. The molecule has 0 aliphatic heterocycles. The highest BCUT2D eigenvalue weighted by atomic mass is 19.3. The van der Waals surface area contributed by atoms with Crippen molar-refractivity contribution in [2.75, 3.05) is 0 Å². The number of nitrogens with one attached hydrogen (secondary N) is 2. The lowest BCUT2D eigenvalue weighted by Gasteiger charge is -2.33. The molecular weight excluding hydrogens is 532 g/mol. The maximum absolute atomic E-state index is 13.9. The van der Waals surface area contributed by atoms with Crippen LogP contribution in [0.5, 0.6) is 0 Å². The molecule has 0 saturated heterocycles. The average Bonchev–Trinajstić information content (AvgIpc) is 3.72. The van der Waals surface area contributed by atoms with E-state index in [-0.39, 0.29) is 55.9 Å². The summed E-state index contributed by atoms with van der Waals surface area (Å²) in [7, 11) is 0. The van der Waals surface area contributed by atoms with Crippen LogP contribution in [-0.4, -0.2) is 43.2 Å². The van der Waals surface area contributed by atoms with Crippen molar-refractivity contribution in [2.24, 2.45) is 17.8 Å². The third-order valence-electron chi connectivity index (χ3n) is 8.32. The summed E-state index contributed by atoms with van der Waals surface area (Å²) in [5, 5.41) is 9.59. The highest BCUT2D eigenvalue weighted by molar-refractivity contribution is 5.95. The fraction of sp³-hybridized carbons (Fsp3) is 0.593. The summed E-state index contributed by atoms with van der Waals surface area (Å²) in [6.07, 6.45) is 5.86. The highest BCUT2D eigenvalue weighted by Gasteiger charge is 2.57. The maximum Gasteiger partial charge on any atom is 0.257 e. The molecule has 3 heterocycles. The molecule has 0 radical (unpaired) electrons. The SMILES string of the molecule is Cc1nocc1C(=O)N[C@H](c1cn2ccc([C@H](NC(=O)C[C@@H]3CC3(F)F)C3CC3)nc2n1)C1CCC(F)(F)CC1. The lowest BCUT2D eigenvalue weighted by molar-refractivity contribution is -0.123. The van der Waals surface area contributed by atoms with Crippen LogP contribution in [0, 0.1) is 24.7 Å². The van der Waals surface area contributed by atoms with E-state index in [2.05, 4.69) is 25.8 Å². The molecule has 3 aliphatic carbocycles. The number of halogens is 4. The Morgan fingerprint density at radius 1 is 1.05 bits per heavy atom. The summed E-state index contributed by atoms with van der Waals surface area (Å²) in [6, 6.07) is 0.683. The van der Waals surface area contributed by atoms with E-state index >= 15 is 0 Å². The summed E-state index contributed by atoms with van der Waals surface area (Å²) >= 11 is 0. The number of nitrogens with zero attached hydrogens (tertiary/aromatic N) is 4. The molecule has 0 bridgehead atoms. The first-order valence-corrected chi connectivity index (χ1v) is 13.6. The monoisotopic (exact) mass is 562 g/mol. The lowest BCUT2D eigenvalue weighted by atomic mass is 9.81. The van der Waals surface area contributed by atoms with Crippen LogP contribution in [0.15, 0.2) is 29.2 Å². The van der Waals surface area contributed by atoms with Crippen LogP contribution in [0.25, 0.3) is 5.78 Å². The second kappa shape index (κ2) is 9.84. The Kier molecular flexibility index (Phi) is 6.57. The van der Waals surface area contributed by atoms with Gasteiger partial charge >= 0.3 is 0 Å². The van der Waals surface area contributed by atoms with E-state index in [1.807, 2.05) is 0 Å². The van der Waals surface area contributed by atoms with Crippen molar-refractivity contribution in [3.63, 3.8) is 0 Å². The second-order valence-electron chi connectivity index (χ2n) is 11.4. The van der Waals surface area contributed by atoms with Crippen LogP contribution in [-0.2, 0) is 4.79 Å². The van der Waals surface area contributed by atoms with Crippen molar-refractivity contribution in [1.82, 2.24) is 30.2 Å². The van der Waals surface area contributed by atoms with Gasteiger partial charge in [0, 0.05) is 44.0 Å². The third-order valence-corrected chi connectivity index (χ3v) is 8.32. The summed E-state index contributed by atoms with van der Waals surface area (Å²) in [6.45, 7) is 1.64. The standard InChI is InChI=1S/C27H30F4N6O3/c1-14-18(13-40-36-14)24(39)35-23(16-4-7-26(28,29)8-5-16)20-12-37-9-6-19(32-25(37)33-20)22(15-2-3-15)34-21(38)10-17-11-27(17,30)31/h6,9,12-13,15-17,22-23H,2-5,7-8,10-11H2,1H3,(H,34,38)(H,35,39)/t17-,22-,23+/m1/s1. The number of rotatable bonds is 9. The fourth-order valence-corrected chi connectivity index (χ4v) is 5.60. The number of carbonyl (C=O) groups is 2. The molecule has 3 aromatic rings. The number of imidazole rings is 1. The minimum absolute atomic E-state index is 0.163. The summed E-state index contributed by atoms with van der Waals surface area (Å²) in [5.41, 5.74) is 1.71. The van der Waals surface area contributed by atoms with E-state index in [0.29, 0.717) is 22.9 Å². The molecule has 6 rings (SSSR count). The van der Waals surface area contributed by atoms with E-state index in [1.165, 1.54) is 6.26 Å². The van der Waals surface area contributed by atoms with Crippen LogP contribution in [0.4, 0.5) is 17.6 Å². The van der Waals surface area contributed by atoms with Crippen LogP contribution in [0.2, 0.25) is 0 Å². The topological polar surface area (TPSA) is 114 Å². The van der Waals surface area contributed by atoms with Crippen molar-refractivity contribution >= 4 is 17.6 Å². The van der Waals surface area contributed by atoms with Gasteiger partial charge in [-0.25, -0.2) is 27.5 Å². The minimum Gasteiger partial charge on any atom is -0.364 e. The molecule has 3 fully saturated rings. The number of hydrogen-bond acceptors (Lipinski definition) is 6. The van der Waals surface area contributed by atoms with E-state index in [1.54, 1.807) is 29.8 Å². The smallest absolute Gasteiger partial charge is 0.257 e. The van der Waals surface area contributed by atoms with Crippen molar-refractivity contribution in [1.29, 1.82) is 0 Å². The van der Waals surface area contributed by atoms with E-state index < -0.39 is 41.7 Å². The number of aryl methyl sites for hydroxylation is 1. The normalized spacial score (nSPS) is 23.5. The van der Waals surface area contributed by atoms with Gasteiger partial charge in [-0.2, -0.15) is 0 Å². The number of alkyl halides is 4. The Labute approximate surface area is 227 Å². The zero-order valence-corrected chi connectivity index (χ0v) is 21.9. The molecular formula is C27H30F4N6O3. The van der Waals surface area contributed by atoms with Crippen molar-refractivity contribution < 1.29 is 31.7 Å². The lowest BCUT2D eigenvalue weighted by Crippen LogP contribution is -2.37. The van der Waals surface area contributed by atoms with Crippen LogP contribution in [0.3, 0.4) is 0 Å². The van der Waals surface area contributed by atoms with Gasteiger partial charge in [-0.1, -0.05) is 5.16 Å². The first-order valence-electron chi connectivity index (χ1n) is 13.6. The Morgan fingerprint density at radius 2 is 1.70 bits per heavy atom. The Bertz CT molecular complexity index is 1420. The second-order valence-corrected chi connectivity index (χ2v) is 11.4. The zero-order chi connectivity index (χ0) is 28.2. The van der Waals surface area contributed by atoms with Gasteiger partial charge in [-0.05, 0) is 50.5 Å². The van der Waals surface area contributed by atoms with Gasteiger partial charge in [0.05, 0.1) is 29.2 Å². The number of carbonyl (C=O) groups excluding carboxylic acids is 2. The van der Waals surface area contributed by atoms with E-state index in [4.69, 9.17) is 4.52 Å². The van der Waals surface area contributed by atoms with Crippen LogP contribution in [0.1, 0.15) is 90.9 Å². The first-order chi connectivity index (χ1) is 19.0. The Hall–Kier alpha value is -3.51. The molecule has 0 aromatic carbocycles. The third kappa shape index (κ3) is 5.55. The summed E-state index contributed by atoms with van der Waals surface area (Å²) < 4.78 is 61.1. The van der Waals surface area contributed by atoms with E-state index in [9.17, 15) is 27.2 Å². The predicted molar refractivity (Wildman–Crippen MR) is 133 cm³/mol. The van der Waals surface area contributed by atoms with Crippen molar-refractivity contribution in [3.8, 4) is 0 Å².